The number of esters is 1. The molecule has 35 heavy (non-hydrogen) atoms. The third kappa shape index (κ3) is 5.14. The van der Waals surface area contributed by atoms with Gasteiger partial charge < -0.3 is 9.64 Å². The summed E-state index contributed by atoms with van der Waals surface area (Å²) in [5, 5.41) is 0. The highest BCUT2D eigenvalue weighted by molar-refractivity contribution is 6.21. The van der Waals surface area contributed by atoms with Crippen molar-refractivity contribution in [3.8, 4) is 0 Å². The Labute approximate surface area is 203 Å². The molecule has 0 fully saturated rings. The lowest BCUT2D eigenvalue weighted by Crippen LogP contribution is -2.37. The smallest absolute Gasteiger partial charge is 0.310 e. The normalized spacial score (nSPS) is 13.4. The van der Waals surface area contributed by atoms with Crippen LogP contribution in [0.3, 0.4) is 0 Å². The molecule has 4 rings (SSSR count). The third-order valence-corrected chi connectivity index (χ3v) is 6.02. The topological polar surface area (TPSA) is 84.0 Å². The number of nitrogens with zero attached hydrogens (tertiary/aromatic N) is 2. The number of hydrogen-bond acceptors (Lipinski definition) is 5. The van der Waals surface area contributed by atoms with E-state index in [9.17, 15) is 19.2 Å². The summed E-state index contributed by atoms with van der Waals surface area (Å²) in [7, 11) is 1.33. The van der Waals surface area contributed by atoms with Crippen molar-refractivity contribution < 1.29 is 23.9 Å². The summed E-state index contributed by atoms with van der Waals surface area (Å²) in [5.41, 5.74) is 2.93. The molecule has 0 saturated carbocycles. The van der Waals surface area contributed by atoms with E-state index in [0.29, 0.717) is 23.2 Å². The van der Waals surface area contributed by atoms with Crippen LogP contribution in [0.5, 0.6) is 0 Å². The van der Waals surface area contributed by atoms with Crippen LogP contribution in [-0.2, 0) is 22.6 Å². The first-order valence-electron chi connectivity index (χ1n) is 11.3. The Morgan fingerprint density at radius 3 is 1.97 bits per heavy atom. The first-order chi connectivity index (χ1) is 16.9. The number of carbonyl (C=O) groups excluding carboxylic acids is 4. The maximum Gasteiger partial charge on any atom is 0.310 e. The van der Waals surface area contributed by atoms with E-state index in [1.54, 1.807) is 60.4 Å². The summed E-state index contributed by atoms with van der Waals surface area (Å²) in [5.74, 6) is -1.74. The quantitative estimate of drug-likeness (QED) is 0.368. The number of benzene rings is 3. The predicted octanol–water partition coefficient (Wildman–Crippen LogP) is 3.93. The van der Waals surface area contributed by atoms with Crippen LogP contribution in [0, 0.1) is 5.92 Å². The number of hydrogen-bond donors (Lipinski definition) is 0. The zero-order chi connectivity index (χ0) is 24.9. The van der Waals surface area contributed by atoms with Gasteiger partial charge in [-0.25, -0.2) is 0 Å². The number of methoxy groups -OCH3 is 1. The molecule has 0 spiro atoms. The Hall–Kier alpha value is -4.26. The molecule has 3 amide bonds. The van der Waals surface area contributed by atoms with Crippen molar-refractivity contribution in [2.75, 3.05) is 13.7 Å². The van der Waals surface area contributed by atoms with Crippen molar-refractivity contribution >= 4 is 23.7 Å². The van der Waals surface area contributed by atoms with Crippen molar-refractivity contribution in [2.45, 2.75) is 20.0 Å². The standard InChI is InChI=1S/C28H26N2O5/c1-19(28(34)35-2)16-29(17-20-8-4-3-5-9-20)25(31)22-14-12-21(13-15-22)18-30-26(32)23-10-6-7-11-24(23)27(30)33/h3-15,19H,16-18H2,1-2H3. The van der Waals surface area contributed by atoms with E-state index in [-0.39, 0.29) is 36.8 Å². The van der Waals surface area contributed by atoms with Gasteiger partial charge >= 0.3 is 5.97 Å². The first-order valence-corrected chi connectivity index (χ1v) is 11.3. The molecule has 7 heteroatoms. The molecule has 0 bridgehead atoms. The highest BCUT2D eigenvalue weighted by Gasteiger charge is 2.35. The maximum atomic E-state index is 13.4. The minimum atomic E-state index is -0.485. The summed E-state index contributed by atoms with van der Waals surface area (Å²) >= 11 is 0. The van der Waals surface area contributed by atoms with Crippen LogP contribution < -0.4 is 0 Å². The second-order valence-electron chi connectivity index (χ2n) is 8.53. The number of amides is 3. The van der Waals surface area contributed by atoms with Gasteiger partial charge in [0, 0.05) is 18.7 Å². The van der Waals surface area contributed by atoms with Crippen LogP contribution in [0.1, 0.15) is 49.1 Å². The predicted molar refractivity (Wildman–Crippen MR) is 129 cm³/mol. The second kappa shape index (κ2) is 10.3. The molecule has 0 saturated heterocycles. The van der Waals surface area contributed by atoms with Gasteiger partial charge in [0.1, 0.15) is 0 Å². The zero-order valence-corrected chi connectivity index (χ0v) is 19.6. The number of carbonyl (C=O) groups is 4. The Morgan fingerprint density at radius 2 is 1.40 bits per heavy atom. The van der Waals surface area contributed by atoms with Crippen LogP contribution >= 0.6 is 0 Å². The van der Waals surface area contributed by atoms with Crippen molar-refractivity contribution in [3.05, 3.63) is 107 Å². The molecule has 3 aromatic rings. The fourth-order valence-corrected chi connectivity index (χ4v) is 4.13. The number of fused-ring (bicyclic) bond motifs is 1. The van der Waals surface area contributed by atoms with Crippen LogP contribution in [0.25, 0.3) is 0 Å². The summed E-state index contributed by atoms with van der Waals surface area (Å²) in [6.07, 6.45) is 0. The lowest BCUT2D eigenvalue weighted by atomic mass is 10.1. The fourth-order valence-electron chi connectivity index (χ4n) is 4.13. The molecular formula is C28H26N2O5. The number of rotatable bonds is 8. The largest absolute Gasteiger partial charge is 0.469 e. The highest BCUT2D eigenvalue weighted by Crippen LogP contribution is 2.24. The van der Waals surface area contributed by atoms with Crippen molar-refractivity contribution in [1.29, 1.82) is 0 Å². The maximum absolute atomic E-state index is 13.4. The molecule has 1 aliphatic heterocycles. The van der Waals surface area contributed by atoms with E-state index < -0.39 is 5.92 Å². The highest BCUT2D eigenvalue weighted by atomic mass is 16.5. The van der Waals surface area contributed by atoms with Gasteiger partial charge in [-0.1, -0.05) is 61.5 Å². The molecular weight excluding hydrogens is 444 g/mol. The Balaban J connectivity index is 1.50. The summed E-state index contributed by atoms with van der Waals surface area (Å²) < 4.78 is 4.83. The van der Waals surface area contributed by atoms with E-state index in [2.05, 4.69) is 0 Å². The van der Waals surface area contributed by atoms with Crippen molar-refractivity contribution in [3.63, 3.8) is 0 Å². The average molecular weight is 471 g/mol. The molecule has 1 heterocycles. The summed E-state index contributed by atoms with van der Waals surface area (Å²) in [6, 6.07) is 23.1. The number of ether oxygens (including phenoxy) is 1. The van der Waals surface area contributed by atoms with Gasteiger partial charge in [0.15, 0.2) is 0 Å². The molecule has 0 aliphatic carbocycles. The minimum Gasteiger partial charge on any atom is -0.469 e. The van der Waals surface area contributed by atoms with Gasteiger partial charge in [-0.15, -0.1) is 0 Å². The van der Waals surface area contributed by atoms with E-state index >= 15 is 0 Å². The van der Waals surface area contributed by atoms with Gasteiger partial charge in [-0.05, 0) is 35.4 Å². The molecule has 1 unspecified atom stereocenters. The van der Waals surface area contributed by atoms with Crippen LogP contribution in [-0.4, -0.2) is 47.1 Å². The van der Waals surface area contributed by atoms with Gasteiger partial charge in [0.25, 0.3) is 17.7 Å². The molecule has 0 radical (unpaired) electrons. The zero-order valence-electron chi connectivity index (χ0n) is 19.6. The lowest BCUT2D eigenvalue weighted by molar-refractivity contribution is -0.145. The molecule has 0 N–H and O–H groups in total. The van der Waals surface area contributed by atoms with E-state index in [4.69, 9.17) is 4.74 Å². The van der Waals surface area contributed by atoms with E-state index in [1.807, 2.05) is 30.3 Å². The van der Waals surface area contributed by atoms with Crippen molar-refractivity contribution in [1.82, 2.24) is 9.80 Å². The third-order valence-electron chi connectivity index (χ3n) is 6.02. The molecule has 0 aromatic heterocycles. The van der Waals surface area contributed by atoms with Crippen LogP contribution in [0.15, 0.2) is 78.9 Å². The van der Waals surface area contributed by atoms with Crippen molar-refractivity contribution in [2.24, 2.45) is 5.92 Å². The van der Waals surface area contributed by atoms with Gasteiger partial charge in [-0.3, -0.25) is 24.1 Å². The Morgan fingerprint density at radius 1 is 0.829 bits per heavy atom. The van der Waals surface area contributed by atoms with E-state index in [1.165, 1.54) is 12.0 Å². The monoisotopic (exact) mass is 470 g/mol. The van der Waals surface area contributed by atoms with Crippen LogP contribution in [0.2, 0.25) is 0 Å². The Kier molecular flexibility index (Phi) is 7.06. The molecule has 1 aliphatic rings. The molecule has 3 aromatic carbocycles. The van der Waals surface area contributed by atoms with Gasteiger partial charge in [-0.2, -0.15) is 0 Å². The summed E-state index contributed by atoms with van der Waals surface area (Å²) in [4.78, 5) is 53.5. The minimum absolute atomic E-state index is 0.119. The van der Waals surface area contributed by atoms with E-state index in [0.717, 1.165) is 11.1 Å². The van der Waals surface area contributed by atoms with Gasteiger partial charge in [0.05, 0.1) is 30.7 Å². The fraction of sp³-hybridized carbons (Fsp3) is 0.214. The Bertz CT molecular complexity index is 1220. The lowest BCUT2D eigenvalue weighted by Gasteiger charge is -2.25. The molecule has 7 nitrogen and oxygen atoms in total. The first kappa shape index (κ1) is 23.9. The SMILES string of the molecule is COC(=O)C(C)CN(Cc1ccccc1)C(=O)c1ccc(CN2C(=O)c3ccccc3C2=O)cc1. The second-order valence-corrected chi connectivity index (χ2v) is 8.53. The number of imide groups is 1. The average Bonchev–Trinajstić information content (AvgIpc) is 3.13. The summed E-state index contributed by atoms with van der Waals surface area (Å²) in [6.45, 7) is 2.39. The van der Waals surface area contributed by atoms with Crippen LogP contribution in [0.4, 0.5) is 0 Å². The molecule has 1 atom stereocenters. The molecule has 178 valence electrons. The van der Waals surface area contributed by atoms with Gasteiger partial charge in [0.2, 0.25) is 0 Å².